The van der Waals surface area contributed by atoms with Gasteiger partial charge in [0.25, 0.3) is 5.22 Å². The van der Waals surface area contributed by atoms with E-state index in [1.54, 1.807) is 0 Å². The summed E-state index contributed by atoms with van der Waals surface area (Å²) in [6, 6.07) is 7.76. The molecule has 146 valence electrons. The van der Waals surface area contributed by atoms with Crippen LogP contribution >= 0.6 is 24.4 Å². The molecule has 1 atom stereocenters. The number of hydrogen-bond donors (Lipinski definition) is 2. The van der Waals surface area contributed by atoms with Crippen molar-refractivity contribution in [2.75, 3.05) is 11.1 Å². The fourth-order valence-corrected chi connectivity index (χ4v) is 3.48. The number of thioether (sulfide) groups is 1. The molecule has 1 N–H and O–H groups in total. The summed E-state index contributed by atoms with van der Waals surface area (Å²) in [5, 5.41) is 10.7. The summed E-state index contributed by atoms with van der Waals surface area (Å²) in [5.41, 5.74) is 4.56. The maximum atomic E-state index is 12.3. The van der Waals surface area contributed by atoms with Crippen molar-refractivity contribution < 1.29 is 9.21 Å². The second-order valence-corrected chi connectivity index (χ2v) is 7.86. The van der Waals surface area contributed by atoms with Crippen LogP contribution in [-0.2, 0) is 4.79 Å². The van der Waals surface area contributed by atoms with E-state index in [0.29, 0.717) is 16.9 Å². The van der Waals surface area contributed by atoms with Gasteiger partial charge in [0.15, 0.2) is 5.82 Å². The highest BCUT2D eigenvalue weighted by Gasteiger charge is 2.21. The lowest BCUT2D eigenvalue weighted by atomic mass is 10.1. The van der Waals surface area contributed by atoms with E-state index in [1.807, 2.05) is 52.0 Å². The zero-order valence-corrected chi connectivity index (χ0v) is 17.8. The Morgan fingerprint density at radius 2 is 1.79 bits per heavy atom. The van der Waals surface area contributed by atoms with Gasteiger partial charge >= 0.3 is 0 Å². The third-order valence-corrected chi connectivity index (χ3v) is 5.24. The molecule has 2 heterocycles. The smallest absolute Gasteiger partial charge is 0.277 e. The molecular formula is C19H21N5O2S2. The minimum atomic E-state index is -0.524. The first-order valence-electron chi connectivity index (χ1n) is 8.66. The van der Waals surface area contributed by atoms with Gasteiger partial charge in [-0.3, -0.25) is 4.79 Å². The molecule has 9 heteroatoms. The zero-order valence-electron chi connectivity index (χ0n) is 16.1. The number of aryl methyl sites for hydroxylation is 4. The van der Waals surface area contributed by atoms with E-state index in [-0.39, 0.29) is 11.7 Å². The van der Waals surface area contributed by atoms with Crippen LogP contribution in [0.25, 0.3) is 0 Å². The van der Waals surface area contributed by atoms with Crippen molar-refractivity contribution in [3.05, 3.63) is 58.5 Å². The van der Waals surface area contributed by atoms with Crippen molar-refractivity contribution in [2.24, 2.45) is 0 Å². The number of carbonyl (C=O) groups excluding carboxylic acids is 1. The quantitative estimate of drug-likeness (QED) is 0.466. The minimum Gasteiger partial charge on any atom is -0.414 e. The number of para-hydroxylation sites is 1. The third-order valence-electron chi connectivity index (χ3n) is 3.97. The van der Waals surface area contributed by atoms with Crippen molar-refractivity contribution in [3.63, 3.8) is 0 Å². The van der Waals surface area contributed by atoms with Gasteiger partial charge in [-0.15, -0.1) is 10.2 Å². The Kier molecular flexibility index (Phi) is 6.35. The Labute approximate surface area is 173 Å². The van der Waals surface area contributed by atoms with Gasteiger partial charge < -0.3 is 9.73 Å². The molecule has 0 fully saturated rings. The topological polar surface area (TPSA) is 93.8 Å². The van der Waals surface area contributed by atoms with E-state index in [2.05, 4.69) is 38.1 Å². The monoisotopic (exact) mass is 415 g/mol. The average Bonchev–Trinajstić information content (AvgIpc) is 3.11. The van der Waals surface area contributed by atoms with Gasteiger partial charge in [0.2, 0.25) is 11.8 Å². The van der Waals surface area contributed by atoms with Gasteiger partial charge in [0.1, 0.15) is 5.25 Å². The summed E-state index contributed by atoms with van der Waals surface area (Å²) < 4.78 is 5.63. The molecular weight excluding hydrogens is 394 g/mol. The lowest BCUT2D eigenvalue weighted by molar-refractivity contribution is -0.113. The second kappa shape index (κ2) is 8.74. The Bertz CT molecular complexity index is 965. The Morgan fingerprint density at radius 3 is 2.43 bits per heavy atom. The van der Waals surface area contributed by atoms with Crippen LogP contribution in [-0.4, -0.2) is 31.8 Å². The number of benzene rings is 1. The number of nitrogens with one attached hydrogen (secondary N) is 1. The van der Waals surface area contributed by atoms with E-state index >= 15 is 0 Å². The fraction of sp³-hybridized carbons (Fsp3) is 0.316. The lowest BCUT2D eigenvalue weighted by Crippen LogP contribution is -2.15. The van der Waals surface area contributed by atoms with Crippen LogP contribution < -0.4 is 5.32 Å². The maximum absolute atomic E-state index is 12.3. The first kappa shape index (κ1) is 20.3. The molecule has 3 aromatic rings. The van der Waals surface area contributed by atoms with Crippen LogP contribution in [0.2, 0.25) is 0 Å². The maximum Gasteiger partial charge on any atom is 0.277 e. The first-order chi connectivity index (χ1) is 13.3. The molecule has 1 amide bonds. The van der Waals surface area contributed by atoms with Crippen LogP contribution in [0.4, 0.5) is 5.69 Å². The van der Waals surface area contributed by atoms with Gasteiger partial charge in [-0.25, -0.2) is 9.97 Å². The molecule has 1 unspecified atom stereocenters. The van der Waals surface area contributed by atoms with E-state index in [0.717, 1.165) is 28.2 Å². The standard InChI is InChI=1S/C19H21N5O2S2/c1-10-6-5-7-11(2)15(10)22-14(25)9-28-19-24-23-18(26-19)16(27)17-20-12(3)8-13(4)21-17/h5-8,16,27H,9H2,1-4H3,(H,22,25). The molecule has 0 aliphatic carbocycles. The number of hydrogen-bond acceptors (Lipinski definition) is 8. The van der Waals surface area contributed by atoms with Gasteiger partial charge in [0.05, 0.1) is 5.75 Å². The Hall–Kier alpha value is -2.39. The van der Waals surface area contributed by atoms with Crippen LogP contribution in [0.5, 0.6) is 0 Å². The number of amides is 1. The van der Waals surface area contributed by atoms with Gasteiger partial charge in [-0.05, 0) is 44.9 Å². The molecule has 0 saturated heterocycles. The van der Waals surface area contributed by atoms with Crippen LogP contribution in [0, 0.1) is 27.7 Å². The summed E-state index contributed by atoms with van der Waals surface area (Å²) in [6.07, 6.45) is 0. The summed E-state index contributed by atoms with van der Waals surface area (Å²) >= 11 is 5.68. The minimum absolute atomic E-state index is 0.137. The SMILES string of the molecule is Cc1cc(C)nc(C(S)c2nnc(SCC(=O)Nc3c(C)cccc3C)o2)n1. The largest absolute Gasteiger partial charge is 0.414 e. The lowest BCUT2D eigenvalue weighted by Gasteiger charge is -2.10. The molecule has 0 bridgehead atoms. The van der Waals surface area contributed by atoms with E-state index < -0.39 is 5.25 Å². The highest BCUT2D eigenvalue weighted by Crippen LogP contribution is 2.28. The molecule has 0 aliphatic rings. The summed E-state index contributed by atoms with van der Waals surface area (Å²) in [7, 11) is 0. The highest BCUT2D eigenvalue weighted by atomic mass is 32.2. The summed E-state index contributed by atoms with van der Waals surface area (Å²) in [5.74, 6) is 0.828. The number of thiol groups is 1. The molecule has 7 nitrogen and oxygen atoms in total. The van der Waals surface area contributed by atoms with Crippen molar-refractivity contribution >= 4 is 36.0 Å². The van der Waals surface area contributed by atoms with E-state index in [4.69, 9.17) is 4.42 Å². The zero-order chi connectivity index (χ0) is 20.3. The highest BCUT2D eigenvalue weighted by molar-refractivity contribution is 7.99. The summed E-state index contributed by atoms with van der Waals surface area (Å²) in [6.45, 7) is 7.70. The Morgan fingerprint density at radius 1 is 1.14 bits per heavy atom. The molecule has 0 radical (unpaired) electrons. The molecule has 2 aromatic heterocycles. The number of rotatable bonds is 6. The molecule has 3 rings (SSSR count). The van der Waals surface area contributed by atoms with Gasteiger partial charge in [-0.1, -0.05) is 30.0 Å². The fourth-order valence-electron chi connectivity index (χ4n) is 2.69. The predicted molar refractivity (Wildman–Crippen MR) is 112 cm³/mol. The van der Waals surface area contributed by atoms with Crippen molar-refractivity contribution in [2.45, 2.75) is 38.2 Å². The Balaban J connectivity index is 1.62. The average molecular weight is 416 g/mol. The van der Waals surface area contributed by atoms with Crippen molar-refractivity contribution in [1.82, 2.24) is 20.2 Å². The van der Waals surface area contributed by atoms with E-state index in [1.165, 1.54) is 11.8 Å². The number of anilines is 1. The number of carbonyl (C=O) groups is 1. The van der Waals surface area contributed by atoms with E-state index in [9.17, 15) is 4.79 Å². The summed E-state index contributed by atoms with van der Waals surface area (Å²) in [4.78, 5) is 21.0. The van der Waals surface area contributed by atoms with Crippen LogP contribution in [0.1, 0.15) is 39.5 Å². The normalized spacial score (nSPS) is 12.0. The molecule has 0 spiro atoms. The van der Waals surface area contributed by atoms with Crippen LogP contribution in [0.3, 0.4) is 0 Å². The molecule has 28 heavy (non-hydrogen) atoms. The van der Waals surface area contributed by atoms with Crippen LogP contribution in [0.15, 0.2) is 33.9 Å². The third kappa shape index (κ3) is 4.90. The number of aromatic nitrogens is 4. The van der Waals surface area contributed by atoms with Gasteiger partial charge in [0, 0.05) is 17.1 Å². The van der Waals surface area contributed by atoms with Crippen molar-refractivity contribution in [3.8, 4) is 0 Å². The second-order valence-electron chi connectivity index (χ2n) is 6.42. The number of nitrogens with zero attached hydrogens (tertiary/aromatic N) is 4. The molecule has 0 saturated carbocycles. The molecule has 1 aromatic carbocycles. The van der Waals surface area contributed by atoms with Crippen molar-refractivity contribution in [1.29, 1.82) is 0 Å². The van der Waals surface area contributed by atoms with Gasteiger partial charge in [-0.2, -0.15) is 12.6 Å². The molecule has 0 aliphatic heterocycles. The predicted octanol–water partition coefficient (Wildman–Crippen LogP) is 3.84. The first-order valence-corrected chi connectivity index (χ1v) is 10.2.